The summed E-state index contributed by atoms with van der Waals surface area (Å²) >= 11 is 3.38. The lowest BCUT2D eigenvalue weighted by Gasteiger charge is -2.08. The first kappa shape index (κ1) is 17.2. The zero-order valence-electron chi connectivity index (χ0n) is 13.2. The van der Waals surface area contributed by atoms with Gasteiger partial charge in [0.2, 0.25) is 0 Å². The Morgan fingerprint density at radius 2 is 1.91 bits per heavy atom. The molecule has 0 aliphatic rings. The molecule has 0 atom stereocenters. The van der Waals surface area contributed by atoms with Crippen LogP contribution in [0.25, 0.3) is 0 Å². The number of hydrogen-bond acceptors (Lipinski definition) is 3. The van der Waals surface area contributed by atoms with Crippen LogP contribution in [0, 0.1) is 0 Å². The second-order valence-electron chi connectivity index (χ2n) is 4.96. The highest BCUT2D eigenvalue weighted by molar-refractivity contribution is 9.10. The average molecular weight is 375 g/mol. The fourth-order valence-corrected chi connectivity index (χ4v) is 2.66. The Kier molecular flexibility index (Phi) is 6.35. The summed E-state index contributed by atoms with van der Waals surface area (Å²) in [7, 11) is 1.58. The van der Waals surface area contributed by atoms with Crippen molar-refractivity contribution < 1.29 is 9.53 Å². The zero-order chi connectivity index (χ0) is 16.7. The summed E-state index contributed by atoms with van der Waals surface area (Å²) in [6.07, 6.45) is 1.76. The van der Waals surface area contributed by atoms with Crippen LogP contribution in [0.1, 0.15) is 35.7 Å². The first-order valence-corrected chi connectivity index (χ1v) is 8.21. The van der Waals surface area contributed by atoms with E-state index in [-0.39, 0.29) is 5.91 Å². The Morgan fingerprint density at radius 3 is 2.52 bits per heavy atom. The van der Waals surface area contributed by atoms with Crippen molar-refractivity contribution in [1.82, 2.24) is 5.43 Å². The second kappa shape index (κ2) is 8.48. The normalized spacial score (nSPS) is 11.2. The van der Waals surface area contributed by atoms with Crippen molar-refractivity contribution in [3.63, 3.8) is 0 Å². The molecule has 0 aliphatic carbocycles. The fourth-order valence-electron chi connectivity index (χ4n) is 2.12. The molecule has 2 rings (SSSR count). The van der Waals surface area contributed by atoms with Crippen LogP contribution in [-0.4, -0.2) is 18.7 Å². The predicted octanol–water partition coefficient (Wildman–Crippen LogP) is 4.39. The molecule has 0 spiro atoms. The van der Waals surface area contributed by atoms with Gasteiger partial charge in [0.25, 0.3) is 5.91 Å². The van der Waals surface area contributed by atoms with Gasteiger partial charge in [0.15, 0.2) is 0 Å². The van der Waals surface area contributed by atoms with Gasteiger partial charge in [-0.1, -0.05) is 43.7 Å². The van der Waals surface area contributed by atoms with Crippen molar-refractivity contribution in [2.45, 2.75) is 19.8 Å². The molecule has 4 nitrogen and oxygen atoms in total. The van der Waals surface area contributed by atoms with Gasteiger partial charge in [0.05, 0.1) is 17.3 Å². The summed E-state index contributed by atoms with van der Waals surface area (Å²) < 4.78 is 5.89. The fraction of sp³-hybridized carbons (Fsp3) is 0.222. The van der Waals surface area contributed by atoms with Crippen molar-refractivity contribution >= 4 is 27.5 Å². The van der Waals surface area contributed by atoms with Crippen molar-refractivity contribution in [3.8, 4) is 5.75 Å². The number of halogens is 1. The van der Waals surface area contributed by atoms with E-state index >= 15 is 0 Å². The standard InChI is InChI=1S/C18H19BrN2O2/c1-3-7-16(13-8-5-4-6-9-13)20-21-18(22)14-10-11-17(23-2)15(19)12-14/h4-6,8-12H,3,7H2,1-2H3,(H,21,22). The molecule has 23 heavy (non-hydrogen) atoms. The van der Waals surface area contributed by atoms with Crippen LogP contribution in [0.15, 0.2) is 58.1 Å². The second-order valence-corrected chi connectivity index (χ2v) is 5.82. The van der Waals surface area contributed by atoms with E-state index in [0.717, 1.165) is 28.6 Å². The van der Waals surface area contributed by atoms with Gasteiger partial charge in [0.1, 0.15) is 5.75 Å². The van der Waals surface area contributed by atoms with Gasteiger partial charge in [-0.25, -0.2) is 5.43 Å². The molecule has 1 N–H and O–H groups in total. The molecule has 1 amide bonds. The maximum absolute atomic E-state index is 12.3. The van der Waals surface area contributed by atoms with Crippen LogP contribution < -0.4 is 10.2 Å². The van der Waals surface area contributed by atoms with Gasteiger partial charge in [-0.3, -0.25) is 4.79 Å². The molecule has 0 fully saturated rings. The highest BCUT2D eigenvalue weighted by Crippen LogP contribution is 2.25. The highest BCUT2D eigenvalue weighted by atomic mass is 79.9. The van der Waals surface area contributed by atoms with Crippen molar-refractivity contribution in [1.29, 1.82) is 0 Å². The predicted molar refractivity (Wildman–Crippen MR) is 96.0 cm³/mol. The minimum absolute atomic E-state index is 0.252. The Balaban J connectivity index is 2.16. The molecule has 2 aromatic rings. The minimum atomic E-state index is -0.252. The maximum Gasteiger partial charge on any atom is 0.271 e. The molecule has 5 heteroatoms. The van der Waals surface area contributed by atoms with Crippen LogP contribution in [0.5, 0.6) is 5.75 Å². The van der Waals surface area contributed by atoms with E-state index in [1.165, 1.54) is 0 Å². The monoisotopic (exact) mass is 374 g/mol. The van der Waals surface area contributed by atoms with E-state index in [4.69, 9.17) is 4.74 Å². The van der Waals surface area contributed by atoms with Gasteiger partial charge in [0, 0.05) is 5.56 Å². The third-order valence-electron chi connectivity index (χ3n) is 3.30. The number of carbonyl (C=O) groups excluding carboxylic acids is 1. The van der Waals surface area contributed by atoms with Gasteiger partial charge < -0.3 is 4.74 Å². The van der Waals surface area contributed by atoms with Gasteiger partial charge in [-0.15, -0.1) is 0 Å². The first-order chi connectivity index (χ1) is 11.2. The van der Waals surface area contributed by atoms with E-state index in [9.17, 15) is 4.79 Å². The number of hydrazone groups is 1. The Hall–Kier alpha value is -2.14. The lowest BCUT2D eigenvalue weighted by molar-refractivity contribution is 0.0954. The van der Waals surface area contributed by atoms with Gasteiger partial charge in [-0.2, -0.15) is 5.10 Å². The molecule has 0 unspecified atom stereocenters. The molecule has 2 aromatic carbocycles. The SMILES string of the molecule is CCCC(=NNC(=O)c1ccc(OC)c(Br)c1)c1ccccc1. The first-order valence-electron chi connectivity index (χ1n) is 7.41. The highest BCUT2D eigenvalue weighted by Gasteiger charge is 2.09. The molecule has 0 radical (unpaired) electrons. The summed E-state index contributed by atoms with van der Waals surface area (Å²) in [6, 6.07) is 15.0. The quantitative estimate of drug-likeness (QED) is 0.601. The maximum atomic E-state index is 12.3. The number of carbonyl (C=O) groups is 1. The number of hydrogen-bond donors (Lipinski definition) is 1. The van der Waals surface area contributed by atoms with Crippen molar-refractivity contribution in [3.05, 3.63) is 64.1 Å². The number of methoxy groups -OCH3 is 1. The lowest BCUT2D eigenvalue weighted by atomic mass is 10.1. The summed E-state index contributed by atoms with van der Waals surface area (Å²) in [5.41, 5.74) is 5.04. The van der Waals surface area contributed by atoms with E-state index in [0.29, 0.717) is 11.3 Å². The van der Waals surface area contributed by atoms with Crippen molar-refractivity contribution in [2.24, 2.45) is 5.10 Å². The van der Waals surface area contributed by atoms with Crippen LogP contribution >= 0.6 is 15.9 Å². The summed E-state index contributed by atoms with van der Waals surface area (Å²) in [5.74, 6) is 0.430. The van der Waals surface area contributed by atoms with Crippen LogP contribution in [0.3, 0.4) is 0 Å². The number of nitrogens with zero attached hydrogens (tertiary/aromatic N) is 1. The van der Waals surface area contributed by atoms with Crippen LogP contribution in [0.2, 0.25) is 0 Å². The zero-order valence-corrected chi connectivity index (χ0v) is 14.8. The van der Waals surface area contributed by atoms with Gasteiger partial charge >= 0.3 is 0 Å². The van der Waals surface area contributed by atoms with Crippen molar-refractivity contribution in [2.75, 3.05) is 7.11 Å². The lowest BCUT2D eigenvalue weighted by Crippen LogP contribution is -2.20. The summed E-state index contributed by atoms with van der Waals surface area (Å²) in [6.45, 7) is 2.08. The minimum Gasteiger partial charge on any atom is -0.496 e. The summed E-state index contributed by atoms with van der Waals surface area (Å²) in [5, 5.41) is 4.30. The van der Waals surface area contributed by atoms with E-state index in [1.807, 2.05) is 30.3 Å². The molecule has 0 bridgehead atoms. The van der Waals surface area contributed by atoms with E-state index < -0.39 is 0 Å². The molecular weight excluding hydrogens is 356 g/mol. The third kappa shape index (κ3) is 4.66. The largest absolute Gasteiger partial charge is 0.496 e. The molecular formula is C18H19BrN2O2. The molecule has 0 saturated carbocycles. The number of benzene rings is 2. The van der Waals surface area contributed by atoms with Gasteiger partial charge in [-0.05, 0) is 46.1 Å². The number of ether oxygens (including phenoxy) is 1. The average Bonchev–Trinajstić information content (AvgIpc) is 2.59. The molecule has 0 saturated heterocycles. The number of nitrogens with one attached hydrogen (secondary N) is 1. The Labute approximate surface area is 144 Å². The van der Waals surface area contributed by atoms with E-state index in [2.05, 4.69) is 33.4 Å². The van der Waals surface area contributed by atoms with E-state index in [1.54, 1.807) is 25.3 Å². The van der Waals surface area contributed by atoms with Crippen LogP contribution in [-0.2, 0) is 0 Å². The molecule has 0 aromatic heterocycles. The molecule has 120 valence electrons. The smallest absolute Gasteiger partial charge is 0.271 e. The third-order valence-corrected chi connectivity index (χ3v) is 3.92. The summed E-state index contributed by atoms with van der Waals surface area (Å²) in [4.78, 5) is 12.3. The number of amides is 1. The molecule has 0 heterocycles. The molecule has 0 aliphatic heterocycles. The Morgan fingerprint density at radius 1 is 1.17 bits per heavy atom. The van der Waals surface area contributed by atoms with Crippen LogP contribution in [0.4, 0.5) is 0 Å². The number of rotatable bonds is 6. The topological polar surface area (TPSA) is 50.7 Å². The Bertz CT molecular complexity index is 699.